The molecule has 0 radical (unpaired) electrons. The molecule has 0 unspecified atom stereocenters. The minimum Gasteiger partial charge on any atom is -0.381 e. The van der Waals surface area contributed by atoms with E-state index in [4.69, 9.17) is 4.74 Å². The van der Waals surface area contributed by atoms with E-state index < -0.39 is 0 Å². The van der Waals surface area contributed by atoms with Crippen molar-refractivity contribution in [2.75, 3.05) is 26.3 Å². The van der Waals surface area contributed by atoms with Gasteiger partial charge in [-0.1, -0.05) is 0 Å². The van der Waals surface area contributed by atoms with Gasteiger partial charge in [-0.05, 0) is 50.6 Å². The summed E-state index contributed by atoms with van der Waals surface area (Å²) in [5.74, 6) is 1.81. The van der Waals surface area contributed by atoms with Gasteiger partial charge in [-0.25, -0.2) is 0 Å². The van der Waals surface area contributed by atoms with Crippen LogP contribution in [0.3, 0.4) is 0 Å². The van der Waals surface area contributed by atoms with Gasteiger partial charge < -0.3 is 10.1 Å². The van der Waals surface area contributed by atoms with E-state index >= 15 is 0 Å². The third-order valence-corrected chi connectivity index (χ3v) is 3.09. The molecule has 12 heavy (non-hydrogen) atoms. The van der Waals surface area contributed by atoms with Gasteiger partial charge >= 0.3 is 0 Å². The normalized spacial score (nSPS) is 37.0. The zero-order chi connectivity index (χ0) is 8.23. The first kappa shape index (κ1) is 8.52. The minimum absolute atomic E-state index is 0.870. The molecule has 1 N–H and O–H groups in total. The van der Waals surface area contributed by atoms with E-state index in [0.29, 0.717) is 0 Å². The van der Waals surface area contributed by atoms with Gasteiger partial charge in [0.2, 0.25) is 0 Å². The van der Waals surface area contributed by atoms with Gasteiger partial charge in [-0.15, -0.1) is 0 Å². The van der Waals surface area contributed by atoms with Gasteiger partial charge in [-0.2, -0.15) is 0 Å². The molecule has 0 amide bonds. The van der Waals surface area contributed by atoms with E-state index in [9.17, 15) is 0 Å². The molecule has 2 rings (SSSR count). The summed E-state index contributed by atoms with van der Waals surface area (Å²) in [4.78, 5) is 0. The highest BCUT2D eigenvalue weighted by Crippen LogP contribution is 2.24. The van der Waals surface area contributed by atoms with Crippen LogP contribution in [0.2, 0.25) is 0 Å². The minimum atomic E-state index is 0.870. The van der Waals surface area contributed by atoms with Crippen molar-refractivity contribution < 1.29 is 4.74 Å². The number of rotatable bonds is 2. The van der Waals surface area contributed by atoms with Crippen LogP contribution < -0.4 is 5.32 Å². The second-order valence-corrected chi connectivity index (χ2v) is 4.18. The molecule has 2 aliphatic rings. The van der Waals surface area contributed by atoms with Crippen LogP contribution in [0, 0.1) is 11.8 Å². The van der Waals surface area contributed by atoms with Gasteiger partial charge in [0.05, 0.1) is 0 Å². The summed E-state index contributed by atoms with van der Waals surface area (Å²) in [6, 6.07) is 0. The molecular formula is C10H19NO. The number of ether oxygens (including phenoxy) is 1. The predicted octanol–water partition coefficient (Wildman–Crippen LogP) is 1.41. The van der Waals surface area contributed by atoms with E-state index in [-0.39, 0.29) is 0 Å². The summed E-state index contributed by atoms with van der Waals surface area (Å²) in [6.45, 7) is 4.51. The monoisotopic (exact) mass is 169 g/mol. The lowest BCUT2D eigenvalue weighted by molar-refractivity contribution is 0.177. The Bertz CT molecular complexity index is 126. The summed E-state index contributed by atoms with van der Waals surface area (Å²) in [5.41, 5.74) is 0. The zero-order valence-electron chi connectivity index (χ0n) is 7.72. The summed E-state index contributed by atoms with van der Waals surface area (Å²) < 4.78 is 5.38. The molecule has 0 bridgehead atoms. The third-order valence-electron chi connectivity index (χ3n) is 3.09. The number of nitrogens with one attached hydrogen (secondary N) is 1. The standard InChI is InChI=1S/C10H19NO/c1-2-9(7-11-4-1)6-10-3-5-12-8-10/h9-11H,1-8H2/t9-,10-/m0/s1. The second-order valence-electron chi connectivity index (χ2n) is 4.18. The maximum Gasteiger partial charge on any atom is 0.0495 e. The van der Waals surface area contributed by atoms with Crippen LogP contribution in [0.25, 0.3) is 0 Å². The van der Waals surface area contributed by atoms with Crippen molar-refractivity contribution >= 4 is 0 Å². The average molecular weight is 169 g/mol. The fourth-order valence-electron chi connectivity index (χ4n) is 2.37. The maximum atomic E-state index is 5.38. The smallest absolute Gasteiger partial charge is 0.0495 e. The van der Waals surface area contributed by atoms with Crippen LogP contribution in [-0.4, -0.2) is 26.3 Å². The highest BCUT2D eigenvalue weighted by molar-refractivity contribution is 4.74. The van der Waals surface area contributed by atoms with Crippen molar-refractivity contribution in [2.45, 2.75) is 25.7 Å². The van der Waals surface area contributed by atoms with Gasteiger partial charge in [0.1, 0.15) is 0 Å². The highest BCUT2D eigenvalue weighted by Gasteiger charge is 2.21. The SMILES string of the molecule is C1CNC[C@H](C[C@@H]2CCOC2)C1. The van der Waals surface area contributed by atoms with Crippen LogP contribution in [-0.2, 0) is 4.74 Å². The average Bonchev–Trinajstić information content (AvgIpc) is 2.59. The Kier molecular flexibility index (Phi) is 3.01. The van der Waals surface area contributed by atoms with Gasteiger partial charge in [0.25, 0.3) is 0 Å². The first-order valence-electron chi connectivity index (χ1n) is 5.23. The lowest BCUT2D eigenvalue weighted by atomic mass is 9.89. The maximum absolute atomic E-state index is 5.38. The molecule has 70 valence electrons. The largest absolute Gasteiger partial charge is 0.381 e. The Morgan fingerprint density at radius 1 is 1.25 bits per heavy atom. The molecule has 2 saturated heterocycles. The third kappa shape index (κ3) is 2.20. The van der Waals surface area contributed by atoms with Crippen molar-refractivity contribution in [3.05, 3.63) is 0 Å². The van der Waals surface area contributed by atoms with E-state index in [1.807, 2.05) is 0 Å². The highest BCUT2D eigenvalue weighted by atomic mass is 16.5. The van der Waals surface area contributed by atoms with Gasteiger partial charge in [0.15, 0.2) is 0 Å². The molecule has 0 aromatic heterocycles. The fourth-order valence-corrected chi connectivity index (χ4v) is 2.37. The van der Waals surface area contributed by atoms with Crippen molar-refractivity contribution in [3.8, 4) is 0 Å². The lowest BCUT2D eigenvalue weighted by Gasteiger charge is -2.24. The van der Waals surface area contributed by atoms with Crippen molar-refractivity contribution in [3.63, 3.8) is 0 Å². The van der Waals surface area contributed by atoms with Crippen LogP contribution in [0.1, 0.15) is 25.7 Å². The van der Waals surface area contributed by atoms with Crippen molar-refractivity contribution in [2.24, 2.45) is 11.8 Å². The zero-order valence-corrected chi connectivity index (χ0v) is 7.72. The molecule has 2 heterocycles. The molecule has 2 atom stereocenters. The molecule has 0 aromatic carbocycles. The van der Waals surface area contributed by atoms with Crippen LogP contribution in [0.15, 0.2) is 0 Å². The summed E-state index contributed by atoms with van der Waals surface area (Å²) in [5, 5.41) is 3.47. The van der Waals surface area contributed by atoms with E-state index in [1.165, 1.54) is 38.8 Å². The summed E-state index contributed by atoms with van der Waals surface area (Å²) >= 11 is 0. The van der Waals surface area contributed by atoms with Gasteiger partial charge in [0, 0.05) is 13.2 Å². The van der Waals surface area contributed by atoms with Crippen LogP contribution in [0.4, 0.5) is 0 Å². The molecule has 0 aliphatic carbocycles. The van der Waals surface area contributed by atoms with Crippen molar-refractivity contribution in [1.82, 2.24) is 5.32 Å². The number of hydrogen-bond acceptors (Lipinski definition) is 2. The topological polar surface area (TPSA) is 21.3 Å². The molecular weight excluding hydrogens is 150 g/mol. The number of piperidine rings is 1. The molecule has 0 spiro atoms. The Balaban J connectivity index is 1.69. The Morgan fingerprint density at radius 3 is 2.92 bits per heavy atom. The van der Waals surface area contributed by atoms with E-state index in [0.717, 1.165) is 25.0 Å². The summed E-state index contributed by atoms with van der Waals surface area (Å²) in [7, 11) is 0. The van der Waals surface area contributed by atoms with Gasteiger partial charge in [-0.3, -0.25) is 0 Å². The quantitative estimate of drug-likeness (QED) is 0.675. The molecule has 2 aliphatic heterocycles. The predicted molar refractivity (Wildman–Crippen MR) is 49.1 cm³/mol. The van der Waals surface area contributed by atoms with Crippen molar-refractivity contribution in [1.29, 1.82) is 0 Å². The molecule has 2 nitrogen and oxygen atoms in total. The fraction of sp³-hybridized carbons (Fsp3) is 1.00. The molecule has 0 aromatic rings. The molecule has 2 fully saturated rings. The molecule has 0 saturated carbocycles. The summed E-state index contributed by atoms with van der Waals surface area (Å²) in [6.07, 6.45) is 5.51. The lowest BCUT2D eigenvalue weighted by Crippen LogP contribution is -2.31. The Morgan fingerprint density at radius 2 is 2.25 bits per heavy atom. The van der Waals surface area contributed by atoms with E-state index in [1.54, 1.807) is 0 Å². The number of hydrogen-bond donors (Lipinski definition) is 1. The molecule has 2 heteroatoms. The second kappa shape index (κ2) is 4.24. The first-order valence-corrected chi connectivity index (χ1v) is 5.23. The van der Waals surface area contributed by atoms with Crippen LogP contribution in [0.5, 0.6) is 0 Å². The first-order chi connectivity index (χ1) is 5.95. The Hall–Kier alpha value is -0.0800. The van der Waals surface area contributed by atoms with Crippen LogP contribution >= 0.6 is 0 Å². The van der Waals surface area contributed by atoms with E-state index in [2.05, 4.69) is 5.32 Å². The Labute approximate surface area is 74.7 Å².